The third-order valence-electron chi connectivity index (χ3n) is 2.76. The number of hydrogen-bond donors (Lipinski definition) is 1. The Morgan fingerprint density at radius 1 is 1.25 bits per heavy atom. The number of benzene rings is 1. The van der Waals surface area contributed by atoms with Crippen molar-refractivity contribution in [2.24, 2.45) is 0 Å². The second-order valence-corrected chi connectivity index (χ2v) is 4.77. The first-order valence-electron chi connectivity index (χ1n) is 6.64. The van der Waals surface area contributed by atoms with Gasteiger partial charge in [0.1, 0.15) is 11.4 Å². The smallest absolute Gasteiger partial charge is 0.280 e. The highest BCUT2D eigenvalue weighted by molar-refractivity contribution is 5.92. The maximum atomic E-state index is 12.9. The highest BCUT2D eigenvalue weighted by atomic mass is 19.3. The molecule has 0 saturated heterocycles. The number of fused-ring (bicyclic) bond motifs is 1. The number of nitrogens with zero attached hydrogens (tertiary/aromatic N) is 1. The number of ether oxygens (including phenoxy) is 1. The van der Waals surface area contributed by atoms with Crippen LogP contribution in [0.25, 0.3) is 10.9 Å². The maximum absolute atomic E-state index is 12.9. The van der Waals surface area contributed by atoms with Crippen LogP contribution in [0.1, 0.15) is 32.9 Å². The average molecular weight is 280 g/mol. The van der Waals surface area contributed by atoms with Crippen LogP contribution in [0.5, 0.6) is 5.75 Å². The Balaban J connectivity index is 2.54. The molecule has 0 amide bonds. The molecule has 0 atom stereocenters. The third-order valence-corrected chi connectivity index (χ3v) is 2.76. The average Bonchev–Trinajstić information content (AvgIpc) is 2.38. The first-order valence-corrected chi connectivity index (χ1v) is 6.64. The lowest BCUT2D eigenvalue weighted by Gasteiger charge is -2.13. The lowest BCUT2D eigenvalue weighted by molar-refractivity contribution is 0.146. The lowest BCUT2D eigenvalue weighted by atomic mass is 10.1. The molecule has 1 aromatic heterocycles. The maximum Gasteiger partial charge on any atom is 0.280 e. The first-order chi connectivity index (χ1) is 9.51. The van der Waals surface area contributed by atoms with Gasteiger partial charge >= 0.3 is 0 Å². The van der Waals surface area contributed by atoms with Gasteiger partial charge in [-0.3, -0.25) is 0 Å². The summed E-state index contributed by atoms with van der Waals surface area (Å²) in [7, 11) is 0. The summed E-state index contributed by atoms with van der Waals surface area (Å²) in [6.45, 7) is 6.45. The molecule has 1 aromatic carbocycles. The van der Waals surface area contributed by atoms with Crippen LogP contribution in [-0.4, -0.2) is 17.6 Å². The molecular formula is C15H18F2N2O. The molecule has 0 fully saturated rings. The lowest BCUT2D eigenvalue weighted by Crippen LogP contribution is -2.06. The third kappa shape index (κ3) is 3.15. The topological polar surface area (TPSA) is 34.2 Å². The molecule has 2 rings (SSSR count). The van der Waals surface area contributed by atoms with Crippen molar-refractivity contribution >= 4 is 16.6 Å². The monoisotopic (exact) mass is 280 g/mol. The zero-order valence-corrected chi connectivity index (χ0v) is 11.8. The van der Waals surface area contributed by atoms with E-state index in [2.05, 4.69) is 10.3 Å². The van der Waals surface area contributed by atoms with Gasteiger partial charge < -0.3 is 10.1 Å². The molecule has 2 aromatic rings. The zero-order chi connectivity index (χ0) is 14.7. The number of aromatic nitrogens is 1. The summed E-state index contributed by atoms with van der Waals surface area (Å²) in [6, 6.07) is 6.69. The van der Waals surface area contributed by atoms with E-state index >= 15 is 0 Å². The molecule has 0 bridgehead atoms. The number of nitrogens with one attached hydrogen (secondary N) is 1. The molecule has 0 spiro atoms. The highest BCUT2D eigenvalue weighted by Gasteiger charge is 2.13. The van der Waals surface area contributed by atoms with Crippen LogP contribution in [0.4, 0.5) is 14.5 Å². The van der Waals surface area contributed by atoms with Crippen LogP contribution in [-0.2, 0) is 0 Å². The van der Waals surface area contributed by atoms with Crippen LogP contribution in [0, 0.1) is 0 Å². The van der Waals surface area contributed by atoms with Gasteiger partial charge in [-0.15, -0.1) is 0 Å². The number of anilines is 1. The van der Waals surface area contributed by atoms with E-state index in [1.54, 1.807) is 12.1 Å². The Hall–Kier alpha value is -1.91. The van der Waals surface area contributed by atoms with Crippen LogP contribution in [0.15, 0.2) is 24.3 Å². The Morgan fingerprint density at radius 3 is 2.60 bits per heavy atom. The van der Waals surface area contributed by atoms with Crippen LogP contribution in [0.3, 0.4) is 0 Å². The van der Waals surface area contributed by atoms with E-state index in [-0.39, 0.29) is 11.8 Å². The molecule has 0 aliphatic carbocycles. The SMILES string of the molecule is CCNc1cc(C(F)F)nc2ccc(OC(C)C)cc12. The van der Waals surface area contributed by atoms with E-state index in [1.807, 2.05) is 26.8 Å². The number of alkyl halides is 2. The largest absolute Gasteiger partial charge is 0.491 e. The molecule has 0 radical (unpaired) electrons. The van der Waals surface area contributed by atoms with Crippen LogP contribution < -0.4 is 10.1 Å². The molecule has 1 N–H and O–H groups in total. The molecule has 5 heteroatoms. The second-order valence-electron chi connectivity index (χ2n) is 4.77. The fourth-order valence-corrected chi connectivity index (χ4v) is 2.02. The Kier molecular flexibility index (Phi) is 4.37. The van der Waals surface area contributed by atoms with E-state index in [0.717, 1.165) is 5.39 Å². The highest BCUT2D eigenvalue weighted by Crippen LogP contribution is 2.30. The van der Waals surface area contributed by atoms with Crippen LogP contribution >= 0.6 is 0 Å². The zero-order valence-electron chi connectivity index (χ0n) is 11.8. The minimum absolute atomic E-state index is 0.0586. The van der Waals surface area contributed by atoms with Gasteiger partial charge in [0.25, 0.3) is 6.43 Å². The van der Waals surface area contributed by atoms with Gasteiger partial charge in [0, 0.05) is 17.6 Å². The predicted molar refractivity (Wildman–Crippen MR) is 76.6 cm³/mol. The van der Waals surface area contributed by atoms with Crippen molar-refractivity contribution in [3.8, 4) is 5.75 Å². The van der Waals surface area contributed by atoms with E-state index in [0.29, 0.717) is 23.5 Å². The van der Waals surface area contributed by atoms with Gasteiger partial charge in [0.05, 0.1) is 11.6 Å². The summed E-state index contributed by atoms with van der Waals surface area (Å²) < 4.78 is 31.3. The Labute approximate surface area is 117 Å². The first kappa shape index (κ1) is 14.5. The summed E-state index contributed by atoms with van der Waals surface area (Å²) in [6.07, 6.45) is -2.52. The number of hydrogen-bond acceptors (Lipinski definition) is 3. The molecule has 0 unspecified atom stereocenters. The van der Waals surface area contributed by atoms with E-state index < -0.39 is 6.43 Å². The molecule has 0 aliphatic rings. The molecule has 1 heterocycles. The van der Waals surface area contributed by atoms with Crippen molar-refractivity contribution in [3.05, 3.63) is 30.0 Å². The van der Waals surface area contributed by atoms with Crippen molar-refractivity contribution in [2.45, 2.75) is 33.3 Å². The van der Waals surface area contributed by atoms with E-state index in [9.17, 15) is 8.78 Å². The number of halogens is 2. The van der Waals surface area contributed by atoms with Gasteiger partial charge in [-0.25, -0.2) is 13.8 Å². The van der Waals surface area contributed by atoms with Gasteiger partial charge in [-0.05, 0) is 45.0 Å². The number of pyridine rings is 1. The van der Waals surface area contributed by atoms with Crippen LogP contribution in [0.2, 0.25) is 0 Å². The molecule has 108 valence electrons. The summed E-state index contributed by atoms with van der Waals surface area (Å²) in [5, 5.41) is 3.88. The van der Waals surface area contributed by atoms with Gasteiger partial charge in [0.2, 0.25) is 0 Å². The summed E-state index contributed by atoms with van der Waals surface area (Å²) in [4.78, 5) is 3.99. The van der Waals surface area contributed by atoms with Gasteiger partial charge in [0.15, 0.2) is 0 Å². The molecule has 3 nitrogen and oxygen atoms in total. The standard InChI is InChI=1S/C15H18F2N2O/c1-4-18-13-8-14(15(16)17)19-12-6-5-10(7-11(12)13)20-9(2)3/h5-9,15H,4H2,1-3H3,(H,18,19). The van der Waals surface area contributed by atoms with Gasteiger partial charge in [-0.1, -0.05) is 0 Å². The van der Waals surface area contributed by atoms with Crippen molar-refractivity contribution < 1.29 is 13.5 Å². The normalized spacial score (nSPS) is 11.3. The van der Waals surface area contributed by atoms with Crippen molar-refractivity contribution in [1.29, 1.82) is 0 Å². The Morgan fingerprint density at radius 2 is 2.00 bits per heavy atom. The molecule has 0 aliphatic heterocycles. The number of rotatable bonds is 5. The quantitative estimate of drug-likeness (QED) is 0.882. The summed E-state index contributed by atoms with van der Waals surface area (Å²) >= 11 is 0. The van der Waals surface area contributed by atoms with Gasteiger partial charge in [-0.2, -0.15) is 0 Å². The second kappa shape index (κ2) is 6.03. The fourth-order valence-electron chi connectivity index (χ4n) is 2.02. The van der Waals surface area contributed by atoms with Crippen molar-refractivity contribution in [3.63, 3.8) is 0 Å². The fraction of sp³-hybridized carbons (Fsp3) is 0.400. The minimum atomic E-state index is -2.58. The molecular weight excluding hydrogens is 262 g/mol. The molecule has 0 saturated carbocycles. The van der Waals surface area contributed by atoms with Crippen molar-refractivity contribution in [2.75, 3.05) is 11.9 Å². The van der Waals surface area contributed by atoms with E-state index in [4.69, 9.17) is 4.74 Å². The van der Waals surface area contributed by atoms with Crippen molar-refractivity contribution in [1.82, 2.24) is 4.98 Å². The Bertz CT molecular complexity index is 600. The van der Waals surface area contributed by atoms with E-state index in [1.165, 1.54) is 6.07 Å². The summed E-state index contributed by atoms with van der Waals surface area (Å²) in [5.41, 5.74) is 0.975. The predicted octanol–water partition coefficient (Wildman–Crippen LogP) is 4.39. The molecule has 20 heavy (non-hydrogen) atoms. The summed E-state index contributed by atoms with van der Waals surface area (Å²) in [5.74, 6) is 0.707. The minimum Gasteiger partial charge on any atom is -0.491 e.